The highest BCUT2D eigenvalue weighted by atomic mass is 15.2. The van der Waals surface area contributed by atoms with Crippen LogP contribution >= 0.6 is 0 Å². The Balaban J connectivity index is 1.33. The maximum Gasteiger partial charge on any atom is 0.193 e. The number of fused-ring (bicyclic) bond motifs is 8. The second kappa shape index (κ2) is 14.9. The van der Waals surface area contributed by atoms with E-state index >= 15 is 0 Å². The average Bonchev–Trinajstić information content (AvgIpc) is 3.72. The molecule has 5 aliphatic rings. The zero-order valence-corrected chi connectivity index (χ0v) is 41.8. The van der Waals surface area contributed by atoms with Gasteiger partial charge in [0.1, 0.15) is 0 Å². The molecule has 10 rings (SSSR count). The van der Waals surface area contributed by atoms with E-state index in [0.29, 0.717) is 0 Å². The van der Waals surface area contributed by atoms with Crippen LogP contribution in [0.3, 0.4) is 0 Å². The van der Waals surface area contributed by atoms with E-state index in [0.717, 1.165) is 44.9 Å². The minimum absolute atomic E-state index is 0.0415. The quantitative estimate of drug-likeness (QED) is 0.133. The molecule has 2 nitrogen and oxygen atoms in total. The molecule has 65 heavy (non-hydrogen) atoms. The Kier molecular flexibility index (Phi) is 10.00. The summed E-state index contributed by atoms with van der Waals surface area (Å²) in [6.07, 6.45) is 12.7. The molecule has 2 heterocycles. The Hall–Kier alpha value is -5.24. The van der Waals surface area contributed by atoms with E-state index in [1.54, 1.807) is 0 Å². The van der Waals surface area contributed by atoms with Crippen molar-refractivity contribution in [2.75, 3.05) is 0 Å². The van der Waals surface area contributed by atoms with Crippen molar-refractivity contribution in [3.8, 4) is 0 Å². The van der Waals surface area contributed by atoms with E-state index in [9.17, 15) is 0 Å². The summed E-state index contributed by atoms with van der Waals surface area (Å²) < 4.78 is 0. The number of benzene rings is 4. The molecule has 1 radical (unpaired) electrons. The first-order valence-corrected chi connectivity index (χ1v) is 24.8. The van der Waals surface area contributed by atoms with Gasteiger partial charge in [-0.1, -0.05) is 162 Å². The molecule has 5 aromatic rings. The largest absolute Gasteiger partial charge is 0.354 e. The maximum absolute atomic E-state index is 4.40. The summed E-state index contributed by atoms with van der Waals surface area (Å²) in [6, 6.07) is 28.2. The molecular formula is C62H70BN2. The molecule has 0 amide bonds. The lowest BCUT2D eigenvalue weighted by Gasteiger charge is -2.45. The van der Waals surface area contributed by atoms with Gasteiger partial charge >= 0.3 is 0 Å². The Labute approximate surface area is 391 Å². The van der Waals surface area contributed by atoms with E-state index in [2.05, 4.69) is 205 Å². The van der Waals surface area contributed by atoms with Crippen LogP contribution in [0.5, 0.6) is 0 Å². The number of hydrogen-bond acceptors (Lipinski definition) is 1. The third kappa shape index (κ3) is 6.42. The standard InChI is InChI=1S/C62H70BN2/c1-15-29-58(5,6)48-35-49-45(32-38(48)16-2)56-57(62(49,13)14)63-53-52(43-27-22-26-41-44-33-39-23-18-19-24-40(39)34-51(44)64-54(41)43)42-25-20-21-28-47(42)61(11,12)37(4)55(53)65(56)36-50-46(17-3)59(7,8)30-31-60(50,9)10/h18-21,23-25,27-28,32-36,64H,3,15-16,22,26,29-31H2,1-2,4-14H3/b50-36+. The number of allylic oxidation sites excluding steroid dienone is 8. The number of aromatic amines is 1. The van der Waals surface area contributed by atoms with E-state index in [1.807, 2.05) is 0 Å². The Bertz CT molecular complexity index is 3090. The lowest BCUT2D eigenvalue weighted by Crippen LogP contribution is -2.36. The fraction of sp³-hybridized carbons (Fsp3) is 0.403. The molecule has 0 saturated heterocycles. The number of aromatic nitrogens is 1. The van der Waals surface area contributed by atoms with Crippen LogP contribution < -0.4 is 0 Å². The molecule has 1 aliphatic heterocycles. The van der Waals surface area contributed by atoms with Crippen molar-refractivity contribution in [3.05, 3.63) is 175 Å². The normalized spacial score (nSPS) is 21.1. The molecule has 0 unspecified atom stereocenters. The van der Waals surface area contributed by atoms with Gasteiger partial charge in [-0.3, -0.25) is 0 Å². The van der Waals surface area contributed by atoms with Crippen molar-refractivity contribution in [3.63, 3.8) is 0 Å². The van der Waals surface area contributed by atoms with Crippen molar-refractivity contribution < 1.29 is 0 Å². The summed E-state index contributed by atoms with van der Waals surface area (Å²) in [6.45, 7) is 36.1. The second-order valence-corrected chi connectivity index (χ2v) is 23.1. The van der Waals surface area contributed by atoms with Gasteiger partial charge in [-0.05, 0) is 146 Å². The summed E-state index contributed by atoms with van der Waals surface area (Å²) >= 11 is 0. The number of H-pyrrole nitrogens is 1. The van der Waals surface area contributed by atoms with E-state index in [1.165, 1.54) is 117 Å². The summed E-state index contributed by atoms with van der Waals surface area (Å²) in [7, 11) is 2.66. The minimum Gasteiger partial charge on any atom is -0.354 e. The second-order valence-electron chi connectivity index (χ2n) is 23.1. The summed E-state index contributed by atoms with van der Waals surface area (Å²) in [5, 5.41) is 3.91. The van der Waals surface area contributed by atoms with Crippen molar-refractivity contribution in [2.24, 2.45) is 10.8 Å². The summed E-state index contributed by atoms with van der Waals surface area (Å²) in [5.41, 5.74) is 27.4. The molecule has 3 heteroatoms. The zero-order chi connectivity index (χ0) is 46.2. The maximum atomic E-state index is 4.40. The number of aryl methyl sites for hydroxylation is 2. The highest BCUT2D eigenvalue weighted by Gasteiger charge is 2.49. The highest BCUT2D eigenvalue weighted by molar-refractivity contribution is 6.61. The van der Waals surface area contributed by atoms with E-state index in [-0.39, 0.29) is 27.1 Å². The third-order valence-electron chi connectivity index (χ3n) is 17.1. The lowest BCUT2D eigenvalue weighted by molar-refractivity contribution is 0.257. The smallest absolute Gasteiger partial charge is 0.193 e. The van der Waals surface area contributed by atoms with Crippen LogP contribution in [0.25, 0.3) is 38.5 Å². The molecule has 1 fully saturated rings. The predicted molar refractivity (Wildman–Crippen MR) is 280 cm³/mol. The monoisotopic (exact) mass is 854 g/mol. The van der Waals surface area contributed by atoms with E-state index < -0.39 is 0 Å². The molecule has 0 bridgehead atoms. The first kappa shape index (κ1) is 43.6. The lowest BCUT2D eigenvalue weighted by atomic mass is 9.50. The third-order valence-corrected chi connectivity index (χ3v) is 17.1. The van der Waals surface area contributed by atoms with Crippen LogP contribution in [0.2, 0.25) is 0 Å². The van der Waals surface area contributed by atoms with Crippen LogP contribution in [0, 0.1) is 10.8 Å². The fourth-order valence-corrected chi connectivity index (χ4v) is 12.9. The molecule has 1 aromatic heterocycles. The molecular weight excluding hydrogens is 784 g/mol. The van der Waals surface area contributed by atoms with Gasteiger partial charge < -0.3 is 9.88 Å². The van der Waals surface area contributed by atoms with Crippen molar-refractivity contribution >= 4 is 45.8 Å². The van der Waals surface area contributed by atoms with Gasteiger partial charge in [-0.2, -0.15) is 0 Å². The van der Waals surface area contributed by atoms with Gasteiger partial charge in [-0.25, -0.2) is 0 Å². The van der Waals surface area contributed by atoms with Crippen LogP contribution in [-0.4, -0.2) is 17.2 Å². The van der Waals surface area contributed by atoms with Crippen LogP contribution in [0.15, 0.2) is 131 Å². The van der Waals surface area contributed by atoms with Crippen LogP contribution in [0.1, 0.15) is 167 Å². The SMILES string of the molecule is C=C=C1/C(=C\N2C3=C(C)C(C)(C)c4ccccc4C(C4=CCCc5c4[nH]c4cc6ccccc6cc54)=C3[B]C3=C2c2cc(CC)c(C(C)(C)CCC)cc2C3(C)C)C(C)(C)CCC1(C)C. The zero-order valence-electron chi connectivity index (χ0n) is 41.8. The van der Waals surface area contributed by atoms with Gasteiger partial charge in [-0.15, -0.1) is 5.73 Å². The Morgan fingerprint density at radius 3 is 2.22 bits per heavy atom. The number of nitrogens with one attached hydrogen (secondary N) is 1. The van der Waals surface area contributed by atoms with Gasteiger partial charge in [0.25, 0.3) is 0 Å². The highest BCUT2D eigenvalue weighted by Crippen LogP contribution is 2.60. The predicted octanol–water partition coefficient (Wildman–Crippen LogP) is 16.4. The van der Waals surface area contributed by atoms with Gasteiger partial charge in [0.15, 0.2) is 7.28 Å². The minimum atomic E-state index is -0.282. The van der Waals surface area contributed by atoms with Crippen molar-refractivity contribution in [2.45, 2.75) is 151 Å². The van der Waals surface area contributed by atoms with Gasteiger partial charge in [0, 0.05) is 61.7 Å². The van der Waals surface area contributed by atoms with Gasteiger partial charge in [0.2, 0.25) is 0 Å². The van der Waals surface area contributed by atoms with E-state index in [4.69, 9.17) is 0 Å². The molecule has 0 atom stereocenters. The molecule has 0 spiro atoms. The number of nitrogens with zero attached hydrogens (tertiary/aromatic N) is 1. The Morgan fingerprint density at radius 1 is 0.815 bits per heavy atom. The first-order chi connectivity index (χ1) is 30.8. The fourth-order valence-electron chi connectivity index (χ4n) is 12.9. The molecule has 331 valence electrons. The number of rotatable bonds is 6. The first-order valence-electron chi connectivity index (χ1n) is 24.8. The topological polar surface area (TPSA) is 19.0 Å². The van der Waals surface area contributed by atoms with Crippen LogP contribution in [-0.2, 0) is 29.1 Å². The molecule has 4 aromatic carbocycles. The van der Waals surface area contributed by atoms with Gasteiger partial charge in [0.05, 0.1) is 0 Å². The van der Waals surface area contributed by atoms with Crippen molar-refractivity contribution in [1.82, 2.24) is 9.88 Å². The average molecular weight is 854 g/mol. The summed E-state index contributed by atoms with van der Waals surface area (Å²) in [5.74, 6) is 0. The molecule has 1 N–H and O–H groups in total. The van der Waals surface area contributed by atoms with Crippen molar-refractivity contribution in [1.29, 1.82) is 0 Å². The number of hydrogen-bond donors (Lipinski definition) is 1. The molecule has 4 aliphatic carbocycles. The summed E-state index contributed by atoms with van der Waals surface area (Å²) in [4.78, 5) is 6.79. The molecule has 1 saturated carbocycles. The van der Waals surface area contributed by atoms with Crippen LogP contribution in [0.4, 0.5) is 0 Å². The Morgan fingerprint density at radius 2 is 1.51 bits per heavy atom.